The molecule has 0 radical (unpaired) electrons. The second kappa shape index (κ2) is 7.44. The number of hydrogen-bond acceptors (Lipinski definition) is 3. The molecule has 1 aromatic heterocycles. The normalized spacial score (nSPS) is 20.2. The van der Waals surface area contributed by atoms with Crippen LogP contribution < -0.4 is 5.32 Å². The lowest BCUT2D eigenvalue weighted by Crippen LogP contribution is -2.47. The summed E-state index contributed by atoms with van der Waals surface area (Å²) in [4.78, 5) is 14.4. The molecule has 132 valence electrons. The lowest BCUT2D eigenvalue weighted by atomic mass is 9.76. The number of nitrogens with zero attached hydrogens (tertiary/aromatic N) is 1. The van der Waals surface area contributed by atoms with E-state index in [1.54, 1.807) is 12.3 Å². The zero-order valence-electron chi connectivity index (χ0n) is 14.6. The van der Waals surface area contributed by atoms with Crippen molar-refractivity contribution in [2.45, 2.75) is 44.2 Å². The van der Waals surface area contributed by atoms with E-state index in [4.69, 9.17) is 4.42 Å². The third-order valence-corrected chi connectivity index (χ3v) is 5.75. The lowest BCUT2D eigenvalue weighted by molar-refractivity contribution is 0.0692. The summed E-state index contributed by atoms with van der Waals surface area (Å²) in [6, 6.07) is 13.5. The predicted molar refractivity (Wildman–Crippen MR) is 97.3 cm³/mol. The average Bonchev–Trinajstić information content (AvgIpc) is 3.15. The fourth-order valence-corrected chi connectivity index (χ4v) is 4.01. The van der Waals surface area contributed by atoms with Crippen LogP contribution in [0.2, 0.25) is 0 Å². The molecule has 2 aromatic rings. The highest BCUT2D eigenvalue weighted by atomic mass is 16.3. The van der Waals surface area contributed by atoms with Gasteiger partial charge < -0.3 is 14.6 Å². The highest BCUT2D eigenvalue weighted by molar-refractivity contribution is 5.93. The Hall–Kier alpha value is -2.07. The Morgan fingerprint density at radius 1 is 1.08 bits per heavy atom. The molecule has 4 heteroatoms. The van der Waals surface area contributed by atoms with Crippen LogP contribution in [0.3, 0.4) is 0 Å². The molecule has 1 saturated carbocycles. The fourth-order valence-electron chi connectivity index (χ4n) is 4.01. The quantitative estimate of drug-likeness (QED) is 0.896. The van der Waals surface area contributed by atoms with Gasteiger partial charge >= 0.3 is 0 Å². The standard InChI is InChI=1S/C21H26N2O2/c24-21(18-11-14-25-15-18)23-12-9-19(10-13-23)22-20(17-7-4-8-17)16-5-2-1-3-6-16/h1-3,5-6,11,14-15,17,19-20,22H,4,7-10,12-13H2/t20-/m0/s1. The van der Waals surface area contributed by atoms with Crippen LogP contribution in [0.15, 0.2) is 53.3 Å². The van der Waals surface area contributed by atoms with Crippen LogP contribution in [0.25, 0.3) is 0 Å². The molecule has 25 heavy (non-hydrogen) atoms. The van der Waals surface area contributed by atoms with Crippen molar-refractivity contribution >= 4 is 5.91 Å². The van der Waals surface area contributed by atoms with Gasteiger partial charge in [0.05, 0.1) is 11.8 Å². The second-order valence-corrected chi connectivity index (χ2v) is 7.32. The molecule has 1 atom stereocenters. The zero-order valence-corrected chi connectivity index (χ0v) is 14.6. The molecule has 1 saturated heterocycles. The van der Waals surface area contributed by atoms with E-state index >= 15 is 0 Å². The van der Waals surface area contributed by atoms with E-state index in [1.807, 2.05) is 4.90 Å². The Balaban J connectivity index is 1.36. The third-order valence-electron chi connectivity index (χ3n) is 5.75. The van der Waals surface area contributed by atoms with Gasteiger partial charge in [-0.1, -0.05) is 36.8 Å². The first-order chi connectivity index (χ1) is 12.3. The molecule has 1 aliphatic carbocycles. The summed E-state index contributed by atoms with van der Waals surface area (Å²) >= 11 is 0. The maximum absolute atomic E-state index is 12.4. The Kier molecular flexibility index (Phi) is 4.88. The van der Waals surface area contributed by atoms with Crippen molar-refractivity contribution in [3.8, 4) is 0 Å². The molecule has 2 fully saturated rings. The first-order valence-corrected chi connectivity index (χ1v) is 9.44. The van der Waals surface area contributed by atoms with Crippen LogP contribution >= 0.6 is 0 Å². The van der Waals surface area contributed by atoms with Gasteiger partial charge in [-0.2, -0.15) is 0 Å². The number of furan rings is 1. The smallest absolute Gasteiger partial charge is 0.257 e. The van der Waals surface area contributed by atoms with Gasteiger partial charge in [-0.05, 0) is 43.2 Å². The number of piperidine rings is 1. The van der Waals surface area contributed by atoms with Crippen LogP contribution in [0, 0.1) is 5.92 Å². The highest BCUT2D eigenvalue weighted by Crippen LogP contribution is 2.38. The number of carbonyl (C=O) groups excluding carboxylic acids is 1. The number of nitrogens with one attached hydrogen (secondary N) is 1. The summed E-state index contributed by atoms with van der Waals surface area (Å²) in [5.41, 5.74) is 2.06. The van der Waals surface area contributed by atoms with Gasteiger partial charge in [-0.15, -0.1) is 0 Å². The molecular weight excluding hydrogens is 312 g/mol. The highest BCUT2D eigenvalue weighted by Gasteiger charge is 2.32. The van der Waals surface area contributed by atoms with Gasteiger partial charge in [-0.3, -0.25) is 4.79 Å². The number of benzene rings is 1. The topological polar surface area (TPSA) is 45.5 Å². The molecule has 0 spiro atoms. The summed E-state index contributed by atoms with van der Waals surface area (Å²) in [5, 5.41) is 3.91. The molecule has 2 aliphatic rings. The van der Waals surface area contributed by atoms with Crippen molar-refractivity contribution in [3.63, 3.8) is 0 Å². The maximum Gasteiger partial charge on any atom is 0.257 e. The van der Waals surface area contributed by atoms with Gasteiger partial charge in [-0.25, -0.2) is 0 Å². The van der Waals surface area contributed by atoms with Crippen LogP contribution in [-0.4, -0.2) is 29.9 Å². The molecule has 1 aliphatic heterocycles. The third kappa shape index (κ3) is 3.64. The molecule has 1 N–H and O–H groups in total. The second-order valence-electron chi connectivity index (χ2n) is 7.32. The van der Waals surface area contributed by atoms with Crippen molar-refractivity contribution in [2.75, 3.05) is 13.1 Å². The minimum absolute atomic E-state index is 0.0887. The number of likely N-dealkylation sites (tertiary alicyclic amines) is 1. The predicted octanol–water partition coefficient (Wildman–Crippen LogP) is 4.02. The van der Waals surface area contributed by atoms with Crippen molar-refractivity contribution in [3.05, 3.63) is 60.1 Å². The summed E-state index contributed by atoms with van der Waals surface area (Å²) < 4.78 is 5.03. The van der Waals surface area contributed by atoms with E-state index < -0.39 is 0 Å². The Morgan fingerprint density at radius 3 is 2.44 bits per heavy atom. The molecular formula is C21H26N2O2. The molecule has 4 nitrogen and oxygen atoms in total. The van der Waals surface area contributed by atoms with Crippen molar-refractivity contribution < 1.29 is 9.21 Å². The van der Waals surface area contributed by atoms with E-state index in [2.05, 4.69) is 35.6 Å². The molecule has 1 aromatic carbocycles. The maximum atomic E-state index is 12.4. The number of amides is 1. The van der Waals surface area contributed by atoms with Gasteiger partial charge in [0.2, 0.25) is 0 Å². The van der Waals surface area contributed by atoms with Gasteiger partial charge in [0.25, 0.3) is 5.91 Å². The Morgan fingerprint density at radius 2 is 1.84 bits per heavy atom. The first-order valence-electron chi connectivity index (χ1n) is 9.44. The Bertz CT molecular complexity index is 671. The van der Waals surface area contributed by atoms with Crippen LogP contribution in [0.4, 0.5) is 0 Å². The van der Waals surface area contributed by atoms with E-state index in [9.17, 15) is 4.79 Å². The molecule has 2 heterocycles. The van der Waals surface area contributed by atoms with Crippen molar-refractivity contribution in [1.29, 1.82) is 0 Å². The van der Waals surface area contributed by atoms with Gasteiger partial charge in [0, 0.05) is 25.2 Å². The van der Waals surface area contributed by atoms with Crippen molar-refractivity contribution in [1.82, 2.24) is 10.2 Å². The molecule has 0 bridgehead atoms. The van der Waals surface area contributed by atoms with Gasteiger partial charge in [0.1, 0.15) is 6.26 Å². The van der Waals surface area contributed by atoms with Crippen LogP contribution in [0.5, 0.6) is 0 Å². The van der Waals surface area contributed by atoms with Gasteiger partial charge in [0.15, 0.2) is 0 Å². The van der Waals surface area contributed by atoms with E-state index in [-0.39, 0.29) is 5.91 Å². The molecule has 0 unspecified atom stereocenters. The largest absolute Gasteiger partial charge is 0.472 e. The van der Waals surface area contributed by atoms with Crippen molar-refractivity contribution in [2.24, 2.45) is 5.92 Å². The lowest BCUT2D eigenvalue weighted by Gasteiger charge is -2.40. The Labute approximate surface area is 149 Å². The van der Waals surface area contributed by atoms with E-state index in [1.165, 1.54) is 31.1 Å². The number of rotatable bonds is 5. The zero-order chi connectivity index (χ0) is 17.1. The summed E-state index contributed by atoms with van der Waals surface area (Å²) in [6.07, 6.45) is 9.13. The monoisotopic (exact) mass is 338 g/mol. The van der Waals surface area contributed by atoms with E-state index in [0.717, 1.165) is 31.8 Å². The first kappa shape index (κ1) is 16.4. The van der Waals surface area contributed by atoms with Crippen LogP contribution in [-0.2, 0) is 0 Å². The SMILES string of the molecule is O=C(c1ccoc1)N1CCC(N[C@@H](c2ccccc2)C2CCC2)CC1. The summed E-state index contributed by atoms with van der Waals surface area (Å²) in [5.74, 6) is 0.846. The minimum atomic E-state index is 0.0887. The minimum Gasteiger partial charge on any atom is -0.472 e. The number of hydrogen-bond donors (Lipinski definition) is 1. The van der Waals surface area contributed by atoms with Crippen LogP contribution in [0.1, 0.15) is 54.1 Å². The summed E-state index contributed by atoms with van der Waals surface area (Å²) in [6.45, 7) is 1.63. The average molecular weight is 338 g/mol. The van der Waals surface area contributed by atoms with E-state index in [0.29, 0.717) is 17.6 Å². The number of carbonyl (C=O) groups is 1. The fraction of sp³-hybridized carbons (Fsp3) is 0.476. The molecule has 4 rings (SSSR count). The summed E-state index contributed by atoms with van der Waals surface area (Å²) in [7, 11) is 0. The molecule has 1 amide bonds.